The van der Waals surface area contributed by atoms with Crippen LogP contribution in [-0.4, -0.2) is 15.0 Å². The zero-order valence-electron chi connectivity index (χ0n) is 13.4. The first kappa shape index (κ1) is 19.0. The number of aromatic nitrogens is 3. The molecule has 5 nitrogen and oxygen atoms in total. The van der Waals surface area contributed by atoms with E-state index in [4.69, 9.17) is 51.1 Å². The standard InChI is InChI=1S/C17H12Cl4N4O/c1-9-14(20)16(24-8-23-9)22-7-10-2-4-11(5-3-10)26-17-13(19)6-12(18)15(21)25-17/h2-6,8H,7H2,1H3,(H,22,23,24). The summed E-state index contributed by atoms with van der Waals surface area (Å²) in [6.07, 6.45) is 1.47. The first-order valence-corrected chi connectivity index (χ1v) is 8.94. The number of ether oxygens (including phenoxy) is 1. The van der Waals surface area contributed by atoms with Crippen molar-refractivity contribution in [3.05, 3.63) is 68.1 Å². The summed E-state index contributed by atoms with van der Waals surface area (Å²) in [6.45, 7) is 2.37. The lowest BCUT2D eigenvalue weighted by Gasteiger charge is -2.10. The lowest BCUT2D eigenvalue weighted by atomic mass is 10.2. The second kappa shape index (κ2) is 8.27. The molecule has 0 aliphatic heterocycles. The van der Waals surface area contributed by atoms with E-state index in [-0.39, 0.29) is 21.1 Å². The molecule has 0 saturated heterocycles. The van der Waals surface area contributed by atoms with E-state index in [9.17, 15) is 0 Å². The highest BCUT2D eigenvalue weighted by molar-refractivity contribution is 6.42. The number of hydrogen-bond acceptors (Lipinski definition) is 5. The molecule has 1 N–H and O–H groups in total. The molecule has 0 aliphatic rings. The minimum Gasteiger partial charge on any atom is -0.437 e. The smallest absolute Gasteiger partial charge is 0.239 e. The van der Waals surface area contributed by atoms with E-state index in [1.807, 2.05) is 19.1 Å². The first-order chi connectivity index (χ1) is 12.4. The van der Waals surface area contributed by atoms with Crippen LogP contribution in [0.25, 0.3) is 0 Å². The predicted molar refractivity (Wildman–Crippen MR) is 105 cm³/mol. The molecule has 26 heavy (non-hydrogen) atoms. The van der Waals surface area contributed by atoms with Crippen molar-refractivity contribution in [3.63, 3.8) is 0 Å². The molecule has 0 radical (unpaired) electrons. The zero-order chi connectivity index (χ0) is 18.7. The predicted octanol–water partition coefficient (Wildman–Crippen LogP) is 6.20. The van der Waals surface area contributed by atoms with E-state index in [2.05, 4.69) is 20.3 Å². The molecule has 0 saturated carbocycles. The normalized spacial score (nSPS) is 10.7. The third kappa shape index (κ3) is 4.48. The van der Waals surface area contributed by atoms with Crippen LogP contribution in [0.5, 0.6) is 11.6 Å². The van der Waals surface area contributed by atoms with Crippen LogP contribution in [0.4, 0.5) is 5.82 Å². The fourth-order valence-corrected chi connectivity index (χ4v) is 2.75. The number of rotatable bonds is 5. The van der Waals surface area contributed by atoms with Gasteiger partial charge in [-0.3, -0.25) is 0 Å². The van der Waals surface area contributed by atoms with Crippen LogP contribution in [0, 0.1) is 6.92 Å². The molecule has 0 fully saturated rings. The van der Waals surface area contributed by atoms with Crippen molar-refractivity contribution in [1.29, 1.82) is 0 Å². The van der Waals surface area contributed by atoms with Gasteiger partial charge < -0.3 is 10.1 Å². The summed E-state index contributed by atoms with van der Waals surface area (Å²) >= 11 is 24.0. The van der Waals surface area contributed by atoms with Gasteiger partial charge in [-0.15, -0.1) is 0 Å². The van der Waals surface area contributed by atoms with E-state index in [0.717, 1.165) is 11.3 Å². The average molecular weight is 430 g/mol. The minimum atomic E-state index is 0.129. The number of pyridine rings is 1. The van der Waals surface area contributed by atoms with Crippen LogP contribution in [-0.2, 0) is 6.54 Å². The third-order valence-corrected chi connectivity index (χ3v) is 4.81. The van der Waals surface area contributed by atoms with Crippen molar-refractivity contribution >= 4 is 52.2 Å². The summed E-state index contributed by atoms with van der Waals surface area (Å²) in [7, 11) is 0. The van der Waals surface area contributed by atoms with Gasteiger partial charge in [-0.05, 0) is 30.7 Å². The molecule has 0 atom stereocenters. The zero-order valence-corrected chi connectivity index (χ0v) is 16.5. The van der Waals surface area contributed by atoms with Gasteiger partial charge in [-0.25, -0.2) is 9.97 Å². The SMILES string of the molecule is Cc1ncnc(NCc2ccc(Oc3nc(Cl)c(Cl)cc3Cl)cc2)c1Cl. The highest BCUT2D eigenvalue weighted by Gasteiger charge is 2.10. The van der Waals surface area contributed by atoms with Crippen LogP contribution < -0.4 is 10.1 Å². The van der Waals surface area contributed by atoms with Gasteiger partial charge in [0.1, 0.15) is 27.9 Å². The van der Waals surface area contributed by atoms with E-state index in [1.54, 1.807) is 12.1 Å². The van der Waals surface area contributed by atoms with Crippen LogP contribution in [0.15, 0.2) is 36.7 Å². The Labute approximate surface area is 170 Å². The lowest BCUT2D eigenvalue weighted by Crippen LogP contribution is -2.03. The van der Waals surface area contributed by atoms with E-state index in [0.29, 0.717) is 23.1 Å². The molecule has 9 heteroatoms. The number of benzene rings is 1. The van der Waals surface area contributed by atoms with Crippen molar-refractivity contribution in [2.24, 2.45) is 0 Å². The van der Waals surface area contributed by atoms with Crippen LogP contribution >= 0.6 is 46.4 Å². The summed E-state index contributed by atoms with van der Waals surface area (Å²) in [4.78, 5) is 12.2. The largest absolute Gasteiger partial charge is 0.437 e. The Morgan fingerprint density at radius 3 is 2.46 bits per heavy atom. The fraction of sp³-hybridized carbons (Fsp3) is 0.118. The van der Waals surface area contributed by atoms with Gasteiger partial charge in [-0.1, -0.05) is 58.5 Å². The number of anilines is 1. The fourth-order valence-electron chi connectivity index (χ4n) is 2.05. The molecular weight excluding hydrogens is 418 g/mol. The van der Waals surface area contributed by atoms with Gasteiger partial charge in [0.2, 0.25) is 5.88 Å². The van der Waals surface area contributed by atoms with E-state index < -0.39 is 0 Å². The van der Waals surface area contributed by atoms with Gasteiger partial charge in [0.05, 0.1) is 10.7 Å². The number of halogens is 4. The second-order valence-corrected chi connectivity index (χ2v) is 6.82. The van der Waals surface area contributed by atoms with E-state index >= 15 is 0 Å². The molecule has 0 amide bonds. The average Bonchev–Trinajstić information content (AvgIpc) is 2.62. The Balaban J connectivity index is 1.67. The monoisotopic (exact) mass is 428 g/mol. The van der Waals surface area contributed by atoms with Crippen LogP contribution in [0.2, 0.25) is 20.2 Å². The second-order valence-electron chi connectivity index (χ2n) is 5.27. The molecule has 0 aliphatic carbocycles. The molecule has 0 spiro atoms. The maximum atomic E-state index is 6.17. The highest BCUT2D eigenvalue weighted by atomic mass is 35.5. The topological polar surface area (TPSA) is 59.9 Å². The van der Waals surface area contributed by atoms with Crippen molar-refractivity contribution in [3.8, 4) is 11.6 Å². The Morgan fingerprint density at radius 2 is 1.73 bits per heavy atom. The summed E-state index contributed by atoms with van der Waals surface area (Å²) in [5.74, 6) is 1.35. The lowest BCUT2D eigenvalue weighted by molar-refractivity contribution is 0.463. The van der Waals surface area contributed by atoms with Gasteiger partial charge in [-0.2, -0.15) is 4.98 Å². The van der Waals surface area contributed by atoms with Crippen LogP contribution in [0.3, 0.4) is 0 Å². The Morgan fingerprint density at radius 1 is 1.00 bits per heavy atom. The number of nitrogens with zero attached hydrogens (tertiary/aromatic N) is 3. The van der Waals surface area contributed by atoms with Crippen molar-refractivity contribution in [2.75, 3.05) is 5.32 Å². The summed E-state index contributed by atoms with van der Waals surface area (Å²) in [6, 6.07) is 8.87. The first-order valence-electron chi connectivity index (χ1n) is 7.43. The molecule has 134 valence electrons. The molecule has 1 aromatic carbocycles. The molecule has 0 bridgehead atoms. The number of nitrogens with one attached hydrogen (secondary N) is 1. The van der Waals surface area contributed by atoms with Crippen molar-refractivity contribution in [1.82, 2.24) is 15.0 Å². The van der Waals surface area contributed by atoms with Crippen molar-refractivity contribution < 1.29 is 4.74 Å². The molecule has 2 aromatic heterocycles. The Bertz CT molecular complexity index is 935. The Kier molecular flexibility index (Phi) is 6.04. The van der Waals surface area contributed by atoms with Gasteiger partial charge >= 0.3 is 0 Å². The highest BCUT2D eigenvalue weighted by Crippen LogP contribution is 2.33. The van der Waals surface area contributed by atoms with E-state index in [1.165, 1.54) is 12.4 Å². The van der Waals surface area contributed by atoms with Gasteiger partial charge in [0, 0.05) is 6.54 Å². The molecule has 3 aromatic rings. The molecule has 3 rings (SSSR count). The molecule has 0 unspecified atom stereocenters. The Hall–Kier alpha value is -1.79. The maximum absolute atomic E-state index is 6.17. The summed E-state index contributed by atoms with van der Waals surface area (Å²) in [5, 5.41) is 4.35. The van der Waals surface area contributed by atoms with Gasteiger partial charge in [0.25, 0.3) is 0 Å². The molecular formula is C17H12Cl4N4O. The number of aryl methyl sites for hydroxylation is 1. The van der Waals surface area contributed by atoms with Crippen LogP contribution in [0.1, 0.15) is 11.3 Å². The maximum Gasteiger partial charge on any atom is 0.239 e. The minimum absolute atomic E-state index is 0.129. The third-order valence-electron chi connectivity index (χ3n) is 3.42. The summed E-state index contributed by atoms with van der Waals surface area (Å²) in [5.41, 5.74) is 1.73. The molecule has 2 heterocycles. The van der Waals surface area contributed by atoms with Crippen molar-refractivity contribution in [2.45, 2.75) is 13.5 Å². The number of hydrogen-bond donors (Lipinski definition) is 1. The van der Waals surface area contributed by atoms with Gasteiger partial charge in [0.15, 0.2) is 5.15 Å². The summed E-state index contributed by atoms with van der Waals surface area (Å²) < 4.78 is 5.65. The quantitative estimate of drug-likeness (QED) is 0.489.